The Kier molecular flexibility index (Phi) is 2.90. The molecule has 0 saturated carbocycles. The highest BCUT2D eigenvalue weighted by Gasteiger charge is 2.29. The fourth-order valence-corrected chi connectivity index (χ4v) is 2.67. The summed E-state index contributed by atoms with van der Waals surface area (Å²) in [5.74, 6) is 0. The number of hydrogen-bond donors (Lipinski definition) is 1. The van der Waals surface area contributed by atoms with Crippen LogP contribution >= 0.6 is 0 Å². The summed E-state index contributed by atoms with van der Waals surface area (Å²) in [6, 6.07) is 6.26. The van der Waals surface area contributed by atoms with Crippen molar-refractivity contribution in [2.45, 2.75) is 39.0 Å². The highest BCUT2D eigenvalue weighted by atomic mass is 15.1. The van der Waals surface area contributed by atoms with Gasteiger partial charge in [-0.05, 0) is 42.9 Å². The molecule has 0 aliphatic carbocycles. The quantitative estimate of drug-likeness (QED) is 0.746. The molecule has 2 heteroatoms. The second-order valence-electron chi connectivity index (χ2n) is 5.65. The summed E-state index contributed by atoms with van der Waals surface area (Å²) < 4.78 is 0. The van der Waals surface area contributed by atoms with Crippen molar-refractivity contribution in [1.29, 1.82) is 0 Å². The first-order chi connectivity index (χ1) is 7.92. The van der Waals surface area contributed by atoms with Crippen molar-refractivity contribution >= 4 is 11.4 Å². The van der Waals surface area contributed by atoms with Crippen molar-refractivity contribution in [2.75, 3.05) is 17.2 Å². The molecule has 2 nitrogen and oxygen atoms in total. The number of nitrogen functional groups attached to an aromatic ring is 1. The monoisotopic (exact) mass is 230 g/mol. The van der Waals surface area contributed by atoms with Crippen LogP contribution < -0.4 is 10.6 Å². The number of benzene rings is 1. The summed E-state index contributed by atoms with van der Waals surface area (Å²) in [4.78, 5) is 2.29. The molecule has 0 aromatic heterocycles. The molecule has 1 heterocycles. The van der Waals surface area contributed by atoms with Crippen LogP contribution in [0.5, 0.6) is 0 Å². The minimum Gasteiger partial charge on any atom is -0.399 e. The zero-order valence-electron chi connectivity index (χ0n) is 11.1. The lowest BCUT2D eigenvalue weighted by Crippen LogP contribution is -2.22. The van der Waals surface area contributed by atoms with Crippen molar-refractivity contribution in [3.8, 4) is 0 Å². The normalized spacial score (nSPS) is 18.4. The third-order valence-corrected chi connectivity index (χ3v) is 3.69. The molecule has 1 aromatic carbocycles. The van der Waals surface area contributed by atoms with Crippen LogP contribution in [0.15, 0.2) is 30.5 Å². The average molecular weight is 230 g/mol. The van der Waals surface area contributed by atoms with Crippen molar-refractivity contribution in [2.24, 2.45) is 0 Å². The van der Waals surface area contributed by atoms with Gasteiger partial charge in [-0.3, -0.25) is 0 Å². The number of nitrogens with two attached hydrogens (primary N) is 1. The molecule has 0 amide bonds. The van der Waals surface area contributed by atoms with Gasteiger partial charge in [0.1, 0.15) is 0 Å². The van der Waals surface area contributed by atoms with E-state index < -0.39 is 0 Å². The first-order valence-electron chi connectivity index (χ1n) is 6.25. The summed E-state index contributed by atoms with van der Waals surface area (Å²) in [5.41, 5.74) is 10.7. The SMILES string of the molecule is C=C(C)N1CCCC(C)(C)c2ccc(N)cc21. The van der Waals surface area contributed by atoms with Crippen molar-refractivity contribution < 1.29 is 0 Å². The van der Waals surface area contributed by atoms with Gasteiger partial charge in [-0.2, -0.15) is 0 Å². The van der Waals surface area contributed by atoms with Gasteiger partial charge in [-0.1, -0.05) is 26.5 Å². The molecule has 0 fully saturated rings. The van der Waals surface area contributed by atoms with Crippen LogP contribution in [0, 0.1) is 0 Å². The highest BCUT2D eigenvalue weighted by Crippen LogP contribution is 2.40. The van der Waals surface area contributed by atoms with Gasteiger partial charge < -0.3 is 10.6 Å². The lowest BCUT2D eigenvalue weighted by atomic mass is 9.80. The Hall–Kier alpha value is -1.44. The number of allylic oxidation sites excluding steroid dienone is 1. The predicted molar refractivity (Wildman–Crippen MR) is 75.3 cm³/mol. The summed E-state index contributed by atoms with van der Waals surface area (Å²) in [7, 11) is 0. The van der Waals surface area contributed by atoms with Gasteiger partial charge in [0.25, 0.3) is 0 Å². The molecular weight excluding hydrogens is 208 g/mol. The van der Waals surface area contributed by atoms with Crippen LogP contribution in [0.2, 0.25) is 0 Å². The van der Waals surface area contributed by atoms with E-state index in [4.69, 9.17) is 5.73 Å². The van der Waals surface area contributed by atoms with Gasteiger partial charge in [0.05, 0.1) is 0 Å². The zero-order valence-corrected chi connectivity index (χ0v) is 11.1. The number of nitrogens with zero attached hydrogens (tertiary/aromatic N) is 1. The minimum atomic E-state index is 0.216. The van der Waals surface area contributed by atoms with Crippen molar-refractivity contribution in [1.82, 2.24) is 0 Å². The Morgan fingerprint density at radius 3 is 2.76 bits per heavy atom. The number of rotatable bonds is 1. The Balaban J connectivity index is 2.60. The summed E-state index contributed by atoms with van der Waals surface area (Å²) in [6.07, 6.45) is 2.39. The Morgan fingerprint density at radius 1 is 1.41 bits per heavy atom. The van der Waals surface area contributed by atoms with Crippen LogP contribution in [0.4, 0.5) is 11.4 Å². The van der Waals surface area contributed by atoms with E-state index in [-0.39, 0.29) is 5.41 Å². The van der Waals surface area contributed by atoms with Gasteiger partial charge in [0.15, 0.2) is 0 Å². The standard InChI is InChI=1S/C15H22N2/c1-11(2)17-9-5-8-15(3,4)13-7-6-12(16)10-14(13)17/h6-7,10H,1,5,8-9,16H2,2-4H3. The lowest BCUT2D eigenvalue weighted by Gasteiger charge is -2.29. The molecule has 0 spiro atoms. The molecule has 2 rings (SSSR count). The number of hydrogen-bond acceptors (Lipinski definition) is 2. The van der Waals surface area contributed by atoms with E-state index in [0.29, 0.717) is 0 Å². The van der Waals surface area contributed by atoms with E-state index in [9.17, 15) is 0 Å². The predicted octanol–water partition coefficient (Wildman–Crippen LogP) is 3.68. The maximum atomic E-state index is 5.93. The average Bonchev–Trinajstić information content (AvgIpc) is 2.34. The van der Waals surface area contributed by atoms with Gasteiger partial charge in [-0.25, -0.2) is 0 Å². The van der Waals surface area contributed by atoms with E-state index >= 15 is 0 Å². The van der Waals surface area contributed by atoms with Crippen LogP contribution in [0.1, 0.15) is 39.2 Å². The van der Waals surface area contributed by atoms with E-state index in [2.05, 4.69) is 44.4 Å². The maximum Gasteiger partial charge on any atom is 0.0466 e. The van der Waals surface area contributed by atoms with E-state index in [1.165, 1.54) is 24.1 Å². The van der Waals surface area contributed by atoms with Gasteiger partial charge in [0.2, 0.25) is 0 Å². The molecule has 92 valence electrons. The summed E-state index contributed by atoms with van der Waals surface area (Å²) >= 11 is 0. The van der Waals surface area contributed by atoms with Crippen molar-refractivity contribution in [3.05, 3.63) is 36.0 Å². The molecule has 17 heavy (non-hydrogen) atoms. The second-order valence-corrected chi connectivity index (χ2v) is 5.65. The molecule has 1 aliphatic rings. The third kappa shape index (κ3) is 2.17. The second kappa shape index (κ2) is 4.10. The molecule has 1 aliphatic heterocycles. The van der Waals surface area contributed by atoms with E-state index in [0.717, 1.165) is 17.9 Å². The van der Waals surface area contributed by atoms with Gasteiger partial charge in [-0.15, -0.1) is 0 Å². The first kappa shape index (κ1) is 12.0. The van der Waals surface area contributed by atoms with Gasteiger partial charge in [0, 0.05) is 23.6 Å². The summed E-state index contributed by atoms with van der Waals surface area (Å²) in [6.45, 7) is 11.8. The molecule has 0 bridgehead atoms. The van der Waals surface area contributed by atoms with Gasteiger partial charge >= 0.3 is 0 Å². The third-order valence-electron chi connectivity index (χ3n) is 3.69. The fraction of sp³-hybridized carbons (Fsp3) is 0.467. The maximum absolute atomic E-state index is 5.93. The van der Waals surface area contributed by atoms with E-state index in [1.54, 1.807) is 0 Å². The number of fused-ring (bicyclic) bond motifs is 1. The molecule has 0 radical (unpaired) electrons. The Labute approximate surface area is 104 Å². The van der Waals surface area contributed by atoms with Crippen molar-refractivity contribution in [3.63, 3.8) is 0 Å². The van der Waals surface area contributed by atoms with Crippen LogP contribution in [0.3, 0.4) is 0 Å². The Bertz CT molecular complexity index is 446. The molecule has 1 aromatic rings. The highest BCUT2D eigenvalue weighted by molar-refractivity contribution is 5.66. The topological polar surface area (TPSA) is 29.3 Å². The van der Waals surface area contributed by atoms with Crippen LogP contribution in [-0.4, -0.2) is 6.54 Å². The Morgan fingerprint density at radius 2 is 2.12 bits per heavy atom. The summed E-state index contributed by atoms with van der Waals surface area (Å²) in [5, 5.41) is 0. The fourth-order valence-electron chi connectivity index (χ4n) is 2.67. The van der Waals surface area contributed by atoms with Crippen LogP contribution in [0.25, 0.3) is 0 Å². The smallest absolute Gasteiger partial charge is 0.0466 e. The molecular formula is C15H22N2. The largest absolute Gasteiger partial charge is 0.399 e. The number of anilines is 2. The van der Waals surface area contributed by atoms with E-state index in [1.807, 2.05) is 6.07 Å². The molecule has 2 N–H and O–H groups in total. The molecule has 0 atom stereocenters. The molecule has 0 unspecified atom stereocenters. The first-order valence-corrected chi connectivity index (χ1v) is 6.25. The molecule has 0 saturated heterocycles. The van der Waals surface area contributed by atoms with Crippen LogP contribution in [-0.2, 0) is 5.41 Å². The minimum absolute atomic E-state index is 0.216. The zero-order chi connectivity index (χ0) is 12.6. The lowest BCUT2D eigenvalue weighted by molar-refractivity contribution is 0.477.